The van der Waals surface area contributed by atoms with Gasteiger partial charge in [-0.25, -0.2) is 0 Å². The van der Waals surface area contributed by atoms with Gasteiger partial charge in [0.2, 0.25) is 0 Å². The Bertz CT molecular complexity index is 654. The van der Waals surface area contributed by atoms with E-state index in [1.807, 2.05) is 0 Å². The molecule has 0 aliphatic rings. The number of benzene rings is 2. The first kappa shape index (κ1) is 33.0. The molecule has 0 heterocycles. The van der Waals surface area contributed by atoms with Gasteiger partial charge in [0, 0.05) is 17.1 Å². The average molecular weight is 461 g/mol. The van der Waals surface area contributed by atoms with Crippen molar-refractivity contribution in [1.82, 2.24) is 0 Å². The number of nitrogens with zero attached hydrogens (tertiary/aromatic N) is 2. The molecule has 5 heteroatoms. The van der Waals surface area contributed by atoms with Crippen LogP contribution in [0.3, 0.4) is 0 Å². The molecule has 2 aromatic rings. The third kappa shape index (κ3) is 24.3. The van der Waals surface area contributed by atoms with Crippen molar-refractivity contribution in [1.29, 1.82) is 0 Å². The van der Waals surface area contributed by atoms with Crippen LogP contribution >= 0.6 is 0 Å². The van der Waals surface area contributed by atoms with E-state index in [4.69, 9.17) is 0 Å². The fourth-order valence-corrected chi connectivity index (χ4v) is 3.14. The number of rotatable bonds is 10. The highest BCUT2D eigenvalue weighted by atomic mass is 16.4. The van der Waals surface area contributed by atoms with Gasteiger partial charge in [0.1, 0.15) is 13.1 Å². The summed E-state index contributed by atoms with van der Waals surface area (Å²) < 4.78 is 1.98. The van der Waals surface area contributed by atoms with Crippen molar-refractivity contribution in [2.24, 2.45) is 0 Å². The van der Waals surface area contributed by atoms with Crippen molar-refractivity contribution >= 4 is 5.97 Å². The number of hydrogen-bond donors (Lipinski definition) is 0. The fraction of sp³-hybridized carbons (Fsp3) is 0.536. The van der Waals surface area contributed by atoms with Crippen LogP contribution in [-0.4, -0.2) is 62.7 Å². The number of unbranched alkanes of at least 4 members (excludes halogenated alkanes) is 4. The molecule has 0 amide bonds. The molecule has 188 valence electrons. The Hall–Kier alpha value is -2.21. The van der Waals surface area contributed by atoms with E-state index in [1.165, 1.54) is 24.0 Å². The summed E-state index contributed by atoms with van der Waals surface area (Å²) in [4.78, 5) is 9.92. The summed E-state index contributed by atoms with van der Waals surface area (Å²) in [7, 11) is 13.2. The Balaban J connectivity index is 0. The van der Waals surface area contributed by atoms with E-state index in [0.717, 1.165) is 41.3 Å². The second-order valence-electron chi connectivity index (χ2n) is 10.4. The lowest BCUT2D eigenvalue weighted by Gasteiger charge is -2.23. The van der Waals surface area contributed by atoms with Crippen LogP contribution in [0.2, 0.25) is 0 Å². The second kappa shape index (κ2) is 18.2. The monoisotopic (exact) mass is 460 g/mol. The molecule has 0 fully saturated rings. The van der Waals surface area contributed by atoms with Crippen LogP contribution in [0, 0.1) is 0 Å². The van der Waals surface area contributed by atoms with E-state index in [2.05, 4.69) is 110 Å². The molecular formula is C28H48N2O3. The Kier molecular flexibility index (Phi) is 18.2. The Morgan fingerprint density at radius 1 is 0.667 bits per heavy atom. The van der Waals surface area contributed by atoms with Crippen LogP contribution in [-0.2, 0) is 17.9 Å². The summed E-state index contributed by atoms with van der Waals surface area (Å²) in [6, 6.07) is 21.1. The summed E-state index contributed by atoms with van der Waals surface area (Å²) in [5.74, 6) is -0.920. The van der Waals surface area contributed by atoms with Gasteiger partial charge in [0.25, 0.3) is 0 Å². The van der Waals surface area contributed by atoms with E-state index in [1.54, 1.807) is 0 Å². The summed E-state index contributed by atoms with van der Waals surface area (Å²) in [6.45, 7) is 4.33. The molecule has 0 aromatic heterocycles. The van der Waals surface area contributed by atoms with E-state index in [-0.39, 0.29) is 11.9 Å². The molecule has 0 unspecified atom stereocenters. The van der Waals surface area contributed by atoms with Crippen molar-refractivity contribution in [3.8, 4) is 0 Å². The van der Waals surface area contributed by atoms with Crippen LogP contribution in [0.4, 0.5) is 0 Å². The standard InChI is InChI=1S/2C10H16N.C8H16O2.H2O/c2*1-11(2,3)9-10-7-5-4-6-8-10;1-2-3-4-5-6-7-8(9)10;/h2*4-8H,9H2,1-3H3;2-7H2,1H3,(H,9,10);1H2/q2*+1;;/p-2. The highest BCUT2D eigenvalue weighted by molar-refractivity contribution is 5.64. The maximum Gasteiger partial charge on any atom is 0.104 e. The number of carbonyl (C=O) groups is 1. The lowest BCUT2D eigenvalue weighted by atomic mass is 10.1. The molecule has 1 N–H and O–H groups in total. The van der Waals surface area contributed by atoms with Gasteiger partial charge >= 0.3 is 0 Å². The summed E-state index contributed by atoms with van der Waals surface area (Å²) in [5.41, 5.74) is 2.81. The van der Waals surface area contributed by atoms with Crippen LogP contribution in [0.5, 0.6) is 0 Å². The molecule has 0 bridgehead atoms. The smallest absolute Gasteiger partial charge is 0.104 e. The fourth-order valence-electron chi connectivity index (χ4n) is 3.14. The number of aliphatic carboxylic acids is 1. The largest absolute Gasteiger partial charge is 0.870 e. The van der Waals surface area contributed by atoms with Crippen LogP contribution in [0.15, 0.2) is 60.7 Å². The Labute approximate surface area is 203 Å². The van der Waals surface area contributed by atoms with Crippen molar-refractivity contribution in [3.05, 3.63) is 71.8 Å². The van der Waals surface area contributed by atoms with Crippen LogP contribution in [0.25, 0.3) is 0 Å². The molecule has 0 aliphatic carbocycles. The molecule has 2 rings (SSSR count). The minimum Gasteiger partial charge on any atom is -0.870 e. The average Bonchev–Trinajstić information content (AvgIpc) is 2.68. The molecule has 0 radical (unpaired) electrons. The zero-order valence-corrected chi connectivity index (χ0v) is 22.1. The van der Waals surface area contributed by atoms with Gasteiger partial charge < -0.3 is 24.3 Å². The Morgan fingerprint density at radius 3 is 1.33 bits per heavy atom. The van der Waals surface area contributed by atoms with E-state index < -0.39 is 5.97 Å². The van der Waals surface area contributed by atoms with Gasteiger partial charge in [0.15, 0.2) is 0 Å². The first-order chi connectivity index (χ1) is 14.9. The Morgan fingerprint density at radius 2 is 1.03 bits per heavy atom. The molecule has 2 aromatic carbocycles. The molecule has 5 nitrogen and oxygen atoms in total. The number of carbonyl (C=O) groups excluding carboxylic acids is 1. The van der Waals surface area contributed by atoms with Gasteiger partial charge in [0.05, 0.1) is 42.3 Å². The van der Waals surface area contributed by atoms with Gasteiger partial charge in [-0.05, 0) is 12.8 Å². The first-order valence-electron chi connectivity index (χ1n) is 11.8. The van der Waals surface area contributed by atoms with Crippen LogP contribution < -0.4 is 5.11 Å². The zero-order valence-electron chi connectivity index (χ0n) is 22.1. The van der Waals surface area contributed by atoms with Gasteiger partial charge in [-0.1, -0.05) is 93.3 Å². The van der Waals surface area contributed by atoms with E-state index >= 15 is 0 Å². The molecule has 33 heavy (non-hydrogen) atoms. The maximum absolute atomic E-state index is 9.92. The van der Waals surface area contributed by atoms with Crippen molar-refractivity contribution in [2.45, 2.75) is 58.5 Å². The molecule has 0 aliphatic heterocycles. The van der Waals surface area contributed by atoms with Crippen LogP contribution in [0.1, 0.15) is 56.6 Å². The molecule has 0 spiro atoms. The second-order valence-corrected chi connectivity index (χ2v) is 10.4. The van der Waals surface area contributed by atoms with Crippen molar-refractivity contribution in [2.75, 3.05) is 42.3 Å². The van der Waals surface area contributed by atoms with Gasteiger partial charge in [-0.2, -0.15) is 0 Å². The van der Waals surface area contributed by atoms with Gasteiger partial charge in [-0.15, -0.1) is 0 Å². The summed E-state index contributed by atoms with van der Waals surface area (Å²) in [6.07, 6.45) is 5.61. The molecule has 0 saturated heterocycles. The highest BCUT2D eigenvalue weighted by Crippen LogP contribution is 2.06. The van der Waals surface area contributed by atoms with E-state index in [9.17, 15) is 9.90 Å². The lowest BCUT2D eigenvalue weighted by molar-refractivity contribution is -0.884. The lowest BCUT2D eigenvalue weighted by Crippen LogP contribution is -2.33. The molecular weight excluding hydrogens is 412 g/mol. The number of carboxylic acids is 1. The summed E-state index contributed by atoms with van der Waals surface area (Å²) >= 11 is 0. The SMILES string of the molecule is CCCCCCCC(=O)[O-].C[N+](C)(C)Cc1ccccc1.C[N+](C)(C)Cc1ccccc1.[OH-]. The van der Waals surface area contributed by atoms with Gasteiger partial charge in [-0.3, -0.25) is 0 Å². The third-order valence-corrected chi connectivity index (χ3v) is 4.48. The highest BCUT2D eigenvalue weighted by Gasteiger charge is 2.07. The maximum atomic E-state index is 9.92. The normalized spacial score (nSPS) is 10.6. The number of quaternary nitrogens is 2. The van der Waals surface area contributed by atoms with Crippen molar-refractivity contribution in [3.63, 3.8) is 0 Å². The first-order valence-corrected chi connectivity index (χ1v) is 11.8. The topological polar surface area (TPSA) is 70.1 Å². The molecule has 0 atom stereocenters. The van der Waals surface area contributed by atoms with E-state index in [0.29, 0.717) is 0 Å². The number of carboxylic acid groups (broad SMARTS) is 1. The zero-order chi connectivity index (χ0) is 24.5. The predicted octanol–water partition coefficient (Wildman–Crippen LogP) is 4.71. The molecule has 0 saturated carbocycles. The predicted molar refractivity (Wildman–Crippen MR) is 137 cm³/mol. The van der Waals surface area contributed by atoms with Crippen molar-refractivity contribution < 1.29 is 24.3 Å². The quantitative estimate of drug-likeness (QED) is 0.381. The minimum atomic E-state index is -0.920. The third-order valence-electron chi connectivity index (χ3n) is 4.48. The summed E-state index contributed by atoms with van der Waals surface area (Å²) in [5, 5.41) is 9.92. The number of hydrogen-bond acceptors (Lipinski definition) is 3. The minimum absolute atomic E-state index is 0.